The number of hydrogen-bond acceptors (Lipinski definition) is 5. The molecule has 0 aliphatic heterocycles. The van der Waals surface area contributed by atoms with Crippen LogP contribution in [-0.4, -0.2) is 29.9 Å². The molecule has 1 aromatic carbocycles. The van der Waals surface area contributed by atoms with Crippen LogP contribution in [0.1, 0.15) is 19.8 Å². The molecule has 0 bridgehead atoms. The van der Waals surface area contributed by atoms with E-state index in [9.17, 15) is 10.0 Å². The lowest BCUT2D eigenvalue weighted by molar-refractivity contribution is 0.301. The number of phenols is 1. The Balaban J connectivity index is 2.85. The fourth-order valence-electron chi connectivity index (χ4n) is 1.63. The van der Waals surface area contributed by atoms with Gasteiger partial charge in [-0.2, -0.15) is 0 Å². The summed E-state index contributed by atoms with van der Waals surface area (Å²) in [5.41, 5.74) is 0.825. The summed E-state index contributed by atoms with van der Waals surface area (Å²) in [5.74, 6) is -0.128. The molecule has 1 rings (SSSR count). The second-order valence-electron chi connectivity index (χ2n) is 3.83. The van der Waals surface area contributed by atoms with Gasteiger partial charge in [-0.3, -0.25) is 0 Å². The molecule has 0 saturated carbocycles. The fourth-order valence-corrected chi connectivity index (χ4v) is 1.63. The summed E-state index contributed by atoms with van der Waals surface area (Å²) in [4.78, 5) is 12.3. The molecule has 0 unspecified atom stereocenters. The first kappa shape index (κ1) is 13.4. The molecule has 0 heterocycles. The van der Waals surface area contributed by atoms with Gasteiger partial charge in [-0.25, -0.2) is 0 Å². The lowest BCUT2D eigenvalue weighted by atomic mass is 10.2. The highest BCUT2D eigenvalue weighted by Gasteiger charge is 2.09. The summed E-state index contributed by atoms with van der Waals surface area (Å²) in [5, 5.41) is 21.3. The zero-order valence-electron chi connectivity index (χ0n) is 9.96. The number of aliphatic hydroxyl groups is 1. The molecule has 5 heteroatoms. The van der Waals surface area contributed by atoms with Crippen molar-refractivity contribution in [1.29, 1.82) is 0 Å². The van der Waals surface area contributed by atoms with E-state index in [2.05, 4.69) is 12.1 Å². The van der Waals surface area contributed by atoms with Crippen LogP contribution >= 0.6 is 0 Å². The molecule has 0 aliphatic rings. The molecule has 17 heavy (non-hydrogen) atoms. The van der Waals surface area contributed by atoms with Gasteiger partial charge in [0, 0.05) is 24.8 Å². The molecule has 0 atom stereocenters. The number of unbranched alkanes of at least 4 members (excludes halogenated alkanes) is 1. The molecule has 0 saturated heterocycles. The minimum atomic E-state index is -0.128. The first-order chi connectivity index (χ1) is 8.22. The van der Waals surface area contributed by atoms with Crippen LogP contribution in [0.3, 0.4) is 0 Å². The van der Waals surface area contributed by atoms with Gasteiger partial charge in [0.2, 0.25) is 0 Å². The lowest BCUT2D eigenvalue weighted by Gasteiger charge is -2.24. The zero-order chi connectivity index (χ0) is 12.7. The molecule has 0 spiro atoms. The van der Waals surface area contributed by atoms with Crippen LogP contribution in [-0.2, 0) is 0 Å². The van der Waals surface area contributed by atoms with E-state index < -0.39 is 0 Å². The molecule has 0 radical (unpaired) electrons. The molecule has 0 amide bonds. The van der Waals surface area contributed by atoms with E-state index in [4.69, 9.17) is 5.11 Å². The number of anilines is 1. The van der Waals surface area contributed by atoms with Crippen molar-refractivity contribution < 1.29 is 10.2 Å². The second kappa shape index (κ2) is 6.85. The summed E-state index contributed by atoms with van der Waals surface area (Å²) < 4.78 is 0. The third-order valence-corrected chi connectivity index (χ3v) is 2.57. The molecule has 94 valence electrons. The Morgan fingerprint density at radius 3 is 2.65 bits per heavy atom. The van der Waals surface area contributed by atoms with Crippen molar-refractivity contribution in [2.45, 2.75) is 19.8 Å². The van der Waals surface area contributed by atoms with Gasteiger partial charge in [-0.15, -0.1) is 4.91 Å². The van der Waals surface area contributed by atoms with Gasteiger partial charge in [0.05, 0.1) is 6.61 Å². The van der Waals surface area contributed by atoms with E-state index >= 15 is 0 Å². The van der Waals surface area contributed by atoms with Gasteiger partial charge in [0.15, 0.2) is 0 Å². The van der Waals surface area contributed by atoms with Crippen molar-refractivity contribution in [3.8, 4) is 5.75 Å². The normalized spacial score (nSPS) is 10.2. The minimum absolute atomic E-state index is 0.0354. The lowest BCUT2D eigenvalue weighted by Crippen LogP contribution is -2.27. The summed E-state index contributed by atoms with van der Waals surface area (Å²) >= 11 is 0. The minimum Gasteiger partial charge on any atom is -0.505 e. The average molecular weight is 238 g/mol. The molecule has 2 N–H and O–H groups in total. The number of nitroso groups, excluding NO2 is 1. The van der Waals surface area contributed by atoms with E-state index in [1.54, 1.807) is 6.07 Å². The van der Waals surface area contributed by atoms with Crippen molar-refractivity contribution >= 4 is 11.4 Å². The summed E-state index contributed by atoms with van der Waals surface area (Å²) in [6, 6.07) is 4.71. The van der Waals surface area contributed by atoms with Gasteiger partial charge in [-0.05, 0) is 23.7 Å². The summed E-state index contributed by atoms with van der Waals surface area (Å²) in [7, 11) is 0. The SMILES string of the molecule is CCCCN(CCO)c1ccc(N=O)c(O)c1. The van der Waals surface area contributed by atoms with Crippen LogP contribution in [0, 0.1) is 4.91 Å². The molecule has 5 nitrogen and oxygen atoms in total. The first-order valence-electron chi connectivity index (χ1n) is 5.75. The summed E-state index contributed by atoms with van der Waals surface area (Å²) in [6.45, 7) is 3.46. The van der Waals surface area contributed by atoms with Crippen molar-refractivity contribution in [3.63, 3.8) is 0 Å². The van der Waals surface area contributed by atoms with Crippen molar-refractivity contribution in [3.05, 3.63) is 23.1 Å². The third kappa shape index (κ3) is 3.71. The van der Waals surface area contributed by atoms with Crippen molar-refractivity contribution in [2.24, 2.45) is 5.18 Å². The summed E-state index contributed by atoms with van der Waals surface area (Å²) in [6.07, 6.45) is 2.07. The van der Waals surface area contributed by atoms with Gasteiger partial charge in [0.1, 0.15) is 11.4 Å². The highest BCUT2D eigenvalue weighted by atomic mass is 16.3. The van der Waals surface area contributed by atoms with E-state index in [-0.39, 0.29) is 18.0 Å². The number of aliphatic hydroxyl groups excluding tert-OH is 1. The Labute approximate surface area is 101 Å². The highest BCUT2D eigenvalue weighted by molar-refractivity contribution is 5.61. The number of benzene rings is 1. The number of rotatable bonds is 7. The second-order valence-corrected chi connectivity index (χ2v) is 3.83. The van der Waals surface area contributed by atoms with E-state index in [1.807, 2.05) is 4.90 Å². The molecular formula is C12H18N2O3. The van der Waals surface area contributed by atoms with Crippen LogP contribution in [0.25, 0.3) is 0 Å². The first-order valence-corrected chi connectivity index (χ1v) is 5.75. The maximum Gasteiger partial charge on any atom is 0.149 e. The van der Waals surface area contributed by atoms with E-state index in [1.165, 1.54) is 12.1 Å². The topological polar surface area (TPSA) is 73.1 Å². The molecule has 0 fully saturated rings. The van der Waals surface area contributed by atoms with Crippen molar-refractivity contribution in [1.82, 2.24) is 0 Å². The van der Waals surface area contributed by atoms with Crippen LogP contribution in [0.15, 0.2) is 23.4 Å². The zero-order valence-corrected chi connectivity index (χ0v) is 9.96. The predicted octanol–water partition coefficient (Wildman–Crippen LogP) is 2.39. The highest BCUT2D eigenvalue weighted by Crippen LogP contribution is 2.30. The maximum absolute atomic E-state index is 10.3. The monoisotopic (exact) mass is 238 g/mol. The Morgan fingerprint density at radius 1 is 1.35 bits per heavy atom. The van der Waals surface area contributed by atoms with Crippen LogP contribution in [0.4, 0.5) is 11.4 Å². The number of hydrogen-bond donors (Lipinski definition) is 2. The standard InChI is InChI=1S/C12H18N2O3/c1-2-3-6-14(7-8-15)10-4-5-11(13-17)12(16)9-10/h4-5,9,15-16H,2-3,6-8H2,1H3. The Bertz CT molecular complexity index is 369. The maximum atomic E-state index is 10.3. The molecule has 1 aromatic rings. The van der Waals surface area contributed by atoms with Gasteiger partial charge in [-0.1, -0.05) is 13.3 Å². The van der Waals surface area contributed by atoms with Gasteiger partial charge < -0.3 is 15.1 Å². The van der Waals surface area contributed by atoms with Gasteiger partial charge in [0.25, 0.3) is 0 Å². The number of aromatic hydroxyl groups is 1. The Morgan fingerprint density at radius 2 is 2.12 bits per heavy atom. The molecular weight excluding hydrogens is 220 g/mol. The predicted molar refractivity (Wildman–Crippen MR) is 67.8 cm³/mol. The van der Waals surface area contributed by atoms with Crippen LogP contribution < -0.4 is 4.90 Å². The Hall–Kier alpha value is -1.62. The van der Waals surface area contributed by atoms with Gasteiger partial charge >= 0.3 is 0 Å². The Kier molecular flexibility index (Phi) is 5.42. The quantitative estimate of drug-likeness (QED) is 0.715. The largest absolute Gasteiger partial charge is 0.505 e. The number of nitrogens with zero attached hydrogens (tertiary/aromatic N) is 2. The fraction of sp³-hybridized carbons (Fsp3) is 0.500. The molecule has 0 aliphatic carbocycles. The average Bonchev–Trinajstić information content (AvgIpc) is 2.34. The molecule has 0 aromatic heterocycles. The van der Waals surface area contributed by atoms with E-state index in [0.29, 0.717) is 6.54 Å². The number of phenolic OH excluding ortho intramolecular Hbond substituents is 1. The van der Waals surface area contributed by atoms with Crippen LogP contribution in [0.5, 0.6) is 5.75 Å². The van der Waals surface area contributed by atoms with Crippen molar-refractivity contribution in [2.75, 3.05) is 24.6 Å². The smallest absolute Gasteiger partial charge is 0.149 e. The van der Waals surface area contributed by atoms with Crippen LogP contribution in [0.2, 0.25) is 0 Å². The third-order valence-electron chi connectivity index (χ3n) is 2.57. The van der Waals surface area contributed by atoms with E-state index in [0.717, 1.165) is 25.1 Å².